The van der Waals surface area contributed by atoms with Gasteiger partial charge in [-0.3, -0.25) is 0 Å². The van der Waals surface area contributed by atoms with Gasteiger partial charge >= 0.3 is 0 Å². The molecular weight excluding hydrogens is 365 g/mol. The minimum Gasteiger partial charge on any atom is -0.453 e. The van der Waals surface area contributed by atoms with Crippen LogP contribution in [0, 0.1) is 5.82 Å². The maximum absolute atomic E-state index is 13.2. The zero-order valence-corrected chi connectivity index (χ0v) is 12.9. The van der Waals surface area contributed by atoms with Gasteiger partial charge in [0.1, 0.15) is 11.6 Å². The summed E-state index contributed by atoms with van der Waals surface area (Å²) in [4.78, 5) is 0. The van der Waals surface area contributed by atoms with Gasteiger partial charge in [0.2, 0.25) is 0 Å². The lowest BCUT2D eigenvalue weighted by atomic mass is 10.0. The third-order valence-electron chi connectivity index (χ3n) is 2.71. The van der Waals surface area contributed by atoms with Gasteiger partial charge in [-0.25, -0.2) is 4.39 Å². The summed E-state index contributed by atoms with van der Waals surface area (Å²) < 4.78 is 19.9. The lowest BCUT2D eigenvalue weighted by molar-refractivity contribution is 0.416. The number of hydrogen-bond acceptors (Lipinski definition) is 2. The second-order valence-electron chi connectivity index (χ2n) is 3.94. The van der Waals surface area contributed by atoms with Crippen LogP contribution in [0.5, 0.6) is 0 Å². The van der Waals surface area contributed by atoms with Crippen LogP contribution in [0.3, 0.4) is 0 Å². The van der Waals surface area contributed by atoms with Crippen molar-refractivity contribution in [2.24, 2.45) is 0 Å². The molecule has 0 saturated heterocycles. The van der Waals surface area contributed by atoms with Gasteiger partial charge in [0.25, 0.3) is 0 Å². The van der Waals surface area contributed by atoms with E-state index in [1.807, 2.05) is 19.2 Å². The average molecular weight is 377 g/mol. The van der Waals surface area contributed by atoms with E-state index in [4.69, 9.17) is 4.42 Å². The van der Waals surface area contributed by atoms with Crippen LogP contribution >= 0.6 is 31.9 Å². The summed E-state index contributed by atoms with van der Waals surface area (Å²) in [6.07, 6.45) is 0.731. The third kappa shape index (κ3) is 3.22. The van der Waals surface area contributed by atoms with Crippen molar-refractivity contribution in [1.29, 1.82) is 0 Å². The molecule has 1 aromatic heterocycles. The quantitative estimate of drug-likeness (QED) is 0.852. The predicted molar refractivity (Wildman–Crippen MR) is 76.0 cm³/mol. The molecule has 2 nitrogen and oxygen atoms in total. The Kier molecular flexibility index (Phi) is 4.59. The molecule has 0 aliphatic rings. The van der Waals surface area contributed by atoms with Crippen molar-refractivity contribution in [3.63, 3.8) is 0 Å². The summed E-state index contributed by atoms with van der Waals surface area (Å²) in [5.41, 5.74) is 1.04. The van der Waals surface area contributed by atoms with Gasteiger partial charge in [0.05, 0.1) is 10.5 Å². The van der Waals surface area contributed by atoms with E-state index in [1.54, 1.807) is 12.1 Å². The summed E-state index contributed by atoms with van der Waals surface area (Å²) in [5, 5.41) is 3.19. The van der Waals surface area contributed by atoms with Gasteiger partial charge in [-0.1, -0.05) is 6.07 Å². The highest BCUT2D eigenvalue weighted by atomic mass is 79.9. The lowest BCUT2D eigenvalue weighted by Gasteiger charge is -2.14. The number of hydrogen-bond donors (Lipinski definition) is 1. The van der Waals surface area contributed by atoms with Crippen molar-refractivity contribution >= 4 is 31.9 Å². The van der Waals surface area contributed by atoms with Crippen LogP contribution < -0.4 is 5.32 Å². The minimum atomic E-state index is -0.250. The fourth-order valence-corrected chi connectivity index (χ4v) is 2.51. The van der Waals surface area contributed by atoms with Crippen LogP contribution in [0.1, 0.15) is 17.4 Å². The van der Waals surface area contributed by atoms with E-state index < -0.39 is 0 Å². The van der Waals surface area contributed by atoms with Crippen LogP contribution in [-0.4, -0.2) is 7.05 Å². The Hall–Kier alpha value is -0.650. The summed E-state index contributed by atoms with van der Waals surface area (Å²) in [6, 6.07) is 8.88. The molecule has 0 aliphatic carbocycles. The smallest absolute Gasteiger partial charge is 0.169 e. The van der Waals surface area contributed by atoms with Gasteiger partial charge in [-0.2, -0.15) is 0 Å². The molecular formula is C13H12Br2FNO. The monoisotopic (exact) mass is 375 g/mol. The molecule has 1 heterocycles. The first kappa shape index (κ1) is 13.8. The summed E-state index contributed by atoms with van der Waals surface area (Å²) in [7, 11) is 1.87. The molecule has 0 fully saturated rings. The summed E-state index contributed by atoms with van der Waals surface area (Å²) in [5.74, 6) is 0.602. The maximum atomic E-state index is 13.2. The molecule has 2 rings (SSSR count). The molecule has 0 bridgehead atoms. The van der Waals surface area contributed by atoms with Gasteiger partial charge in [-0.15, -0.1) is 0 Å². The van der Waals surface area contributed by atoms with Crippen molar-refractivity contribution in [2.45, 2.75) is 12.5 Å². The number of likely N-dealkylation sites (N-methyl/N-ethyl adjacent to an activating group) is 1. The zero-order valence-electron chi connectivity index (χ0n) is 9.71. The molecule has 2 aromatic rings. The van der Waals surface area contributed by atoms with E-state index in [2.05, 4.69) is 37.2 Å². The van der Waals surface area contributed by atoms with Crippen LogP contribution in [0.25, 0.3) is 0 Å². The average Bonchev–Trinajstić information content (AvgIpc) is 2.77. The molecule has 0 saturated carbocycles. The summed E-state index contributed by atoms with van der Waals surface area (Å²) in [6.45, 7) is 0. The molecule has 5 heteroatoms. The van der Waals surface area contributed by atoms with Gasteiger partial charge in [0.15, 0.2) is 4.67 Å². The number of furan rings is 1. The first-order valence-electron chi connectivity index (χ1n) is 5.46. The Balaban J connectivity index is 2.17. The Labute approximate surface area is 122 Å². The van der Waals surface area contributed by atoms with Crippen LogP contribution in [0.4, 0.5) is 4.39 Å². The Morgan fingerprint density at radius 2 is 2.06 bits per heavy atom. The van der Waals surface area contributed by atoms with E-state index in [-0.39, 0.29) is 11.9 Å². The fourth-order valence-electron chi connectivity index (χ4n) is 1.76. The van der Waals surface area contributed by atoms with Crippen molar-refractivity contribution in [1.82, 2.24) is 5.32 Å². The first-order valence-corrected chi connectivity index (χ1v) is 7.05. The van der Waals surface area contributed by atoms with Crippen LogP contribution in [0.15, 0.2) is 43.9 Å². The largest absolute Gasteiger partial charge is 0.453 e. The van der Waals surface area contributed by atoms with Gasteiger partial charge in [0, 0.05) is 0 Å². The highest BCUT2D eigenvalue weighted by Gasteiger charge is 2.14. The van der Waals surface area contributed by atoms with E-state index >= 15 is 0 Å². The van der Waals surface area contributed by atoms with Crippen LogP contribution in [0.2, 0.25) is 0 Å². The molecule has 18 heavy (non-hydrogen) atoms. The fraction of sp³-hybridized carbons (Fsp3) is 0.231. The molecule has 0 aliphatic heterocycles. The third-order valence-corrected chi connectivity index (χ3v) is 3.74. The second-order valence-corrected chi connectivity index (χ2v) is 5.57. The van der Waals surface area contributed by atoms with E-state index in [9.17, 15) is 4.39 Å². The first-order chi connectivity index (χ1) is 8.60. The van der Waals surface area contributed by atoms with Gasteiger partial charge in [-0.05, 0) is 75.2 Å². The maximum Gasteiger partial charge on any atom is 0.169 e. The van der Waals surface area contributed by atoms with Crippen molar-refractivity contribution < 1.29 is 8.81 Å². The number of rotatable bonds is 4. The lowest BCUT2D eigenvalue weighted by Crippen LogP contribution is -2.18. The van der Waals surface area contributed by atoms with Crippen molar-refractivity contribution in [3.8, 4) is 0 Å². The van der Waals surface area contributed by atoms with Gasteiger partial charge < -0.3 is 9.73 Å². The molecule has 0 amide bonds. The normalized spacial score (nSPS) is 12.7. The van der Waals surface area contributed by atoms with Crippen LogP contribution in [-0.2, 0) is 6.42 Å². The molecule has 0 spiro atoms. The standard InChI is InChI=1S/C13H12Br2FNO/c1-17-11(12-4-5-13(15)18-12)7-8-2-3-10(16)9(14)6-8/h2-6,11,17H,7H2,1H3. The van der Waals surface area contributed by atoms with E-state index in [0.29, 0.717) is 9.14 Å². The molecule has 1 unspecified atom stereocenters. The number of nitrogens with one attached hydrogen (secondary N) is 1. The molecule has 1 aromatic carbocycles. The molecule has 1 N–H and O–H groups in total. The van der Waals surface area contributed by atoms with E-state index in [0.717, 1.165) is 17.7 Å². The Morgan fingerprint density at radius 3 is 2.61 bits per heavy atom. The number of benzene rings is 1. The Bertz CT molecular complexity index is 542. The highest BCUT2D eigenvalue weighted by molar-refractivity contribution is 9.10. The van der Waals surface area contributed by atoms with E-state index in [1.165, 1.54) is 6.07 Å². The highest BCUT2D eigenvalue weighted by Crippen LogP contribution is 2.25. The minimum absolute atomic E-state index is 0.0636. The second kappa shape index (κ2) is 5.99. The molecule has 1 atom stereocenters. The zero-order chi connectivity index (χ0) is 13.1. The molecule has 0 radical (unpaired) electrons. The van der Waals surface area contributed by atoms with Crippen molar-refractivity contribution in [3.05, 3.63) is 56.6 Å². The Morgan fingerprint density at radius 1 is 1.28 bits per heavy atom. The summed E-state index contributed by atoms with van der Waals surface area (Å²) >= 11 is 6.48. The predicted octanol–water partition coefficient (Wildman–Crippen LogP) is 4.45. The van der Waals surface area contributed by atoms with Crippen molar-refractivity contribution in [2.75, 3.05) is 7.05 Å². The molecule has 96 valence electrons. The SMILES string of the molecule is CNC(Cc1ccc(F)c(Br)c1)c1ccc(Br)o1. The number of halogens is 3. The topological polar surface area (TPSA) is 25.2 Å².